The van der Waals surface area contributed by atoms with Crippen molar-refractivity contribution >= 4 is 17.7 Å². The van der Waals surface area contributed by atoms with Gasteiger partial charge in [-0.2, -0.15) is 5.26 Å². The predicted octanol–water partition coefficient (Wildman–Crippen LogP) is 3.63. The van der Waals surface area contributed by atoms with E-state index in [1.54, 1.807) is 23.3 Å². The molecule has 5 nitrogen and oxygen atoms in total. The third-order valence-electron chi connectivity index (χ3n) is 4.58. The second kappa shape index (κ2) is 6.98. The maximum absolute atomic E-state index is 13.2. The molecule has 0 radical (unpaired) electrons. The number of thioether (sulfide) groups is 1. The van der Waals surface area contributed by atoms with Crippen molar-refractivity contribution < 1.29 is 13.6 Å². The van der Waals surface area contributed by atoms with E-state index < -0.39 is 0 Å². The molecule has 0 bridgehead atoms. The van der Waals surface area contributed by atoms with Gasteiger partial charge in [-0.25, -0.2) is 4.39 Å². The fraction of sp³-hybridized carbons (Fsp3) is 0.263. The number of nitriles is 1. The van der Waals surface area contributed by atoms with Crippen LogP contribution >= 0.6 is 11.8 Å². The van der Waals surface area contributed by atoms with Crippen LogP contribution in [0.5, 0.6) is 0 Å². The minimum atomic E-state index is -0.329. The quantitative estimate of drug-likeness (QED) is 0.827. The van der Waals surface area contributed by atoms with Crippen LogP contribution in [0.3, 0.4) is 0 Å². The summed E-state index contributed by atoms with van der Waals surface area (Å²) in [5, 5.41) is 10.4. The van der Waals surface area contributed by atoms with Gasteiger partial charge in [-0.05, 0) is 29.8 Å². The fourth-order valence-corrected chi connectivity index (χ4v) is 4.45. The number of amides is 1. The highest BCUT2D eigenvalue weighted by Crippen LogP contribution is 2.42. The summed E-state index contributed by atoms with van der Waals surface area (Å²) < 4.78 is 18.6. The fourth-order valence-electron chi connectivity index (χ4n) is 3.31. The number of allylic oxidation sites excluding steroid dienone is 1. The van der Waals surface area contributed by atoms with Crippen molar-refractivity contribution in [3.8, 4) is 6.07 Å². The topological polar surface area (TPSA) is 60.5 Å². The highest BCUT2D eigenvalue weighted by molar-refractivity contribution is 8.03. The van der Waals surface area contributed by atoms with Crippen molar-refractivity contribution in [2.24, 2.45) is 0 Å². The van der Waals surface area contributed by atoms with Crippen molar-refractivity contribution in [2.45, 2.75) is 18.9 Å². The largest absolute Gasteiger partial charge is 0.468 e. The molecule has 2 aliphatic heterocycles. The minimum Gasteiger partial charge on any atom is -0.468 e. The Kier molecular flexibility index (Phi) is 4.53. The Balaban J connectivity index is 1.60. The number of rotatable bonds is 3. The van der Waals surface area contributed by atoms with Crippen LogP contribution in [0.2, 0.25) is 0 Å². The molecule has 1 aromatic carbocycles. The number of hydrogen-bond donors (Lipinski definition) is 0. The number of benzene rings is 1. The first-order valence-electron chi connectivity index (χ1n) is 8.23. The molecule has 2 aliphatic rings. The van der Waals surface area contributed by atoms with E-state index in [2.05, 4.69) is 11.0 Å². The summed E-state index contributed by atoms with van der Waals surface area (Å²) in [5.41, 5.74) is 1.38. The second-order valence-corrected chi connectivity index (χ2v) is 7.22. The number of carbonyl (C=O) groups excluding carboxylic acids is 1. The number of furan rings is 1. The lowest BCUT2D eigenvalue weighted by Crippen LogP contribution is -2.46. The van der Waals surface area contributed by atoms with E-state index >= 15 is 0 Å². The predicted molar refractivity (Wildman–Crippen MR) is 94.8 cm³/mol. The normalized spacial score (nSPS) is 20.8. The first-order chi connectivity index (χ1) is 12.7. The number of halogens is 1. The molecule has 7 heteroatoms. The van der Waals surface area contributed by atoms with Crippen molar-refractivity contribution in [3.63, 3.8) is 0 Å². The van der Waals surface area contributed by atoms with Crippen LogP contribution in [0.25, 0.3) is 0 Å². The zero-order valence-electron chi connectivity index (χ0n) is 13.9. The van der Waals surface area contributed by atoms with Gasteiger partial charge in [0.2, 0.25) is 5.91 Å². The monoisotopic (exact) mass is 369 g/mol. The SMILES string of the molecule is N#CC1=C2SCN(Cc3ccco3)CN2C(=O)C[C@@H]1c1ccc(F)cc1. The zero-order valence-corrected chi connectivity index (χ0v) is 14.7. The standard InChI is InChI=1S/C19H16FN3O2S/c20-14-5-3-13(4-6-14)16-8-18(24)23-11-22(10-15-2-1-7-25-15)12-26-19(23)17(16)9-21/h1-7,16H,8,10-12H2/t16-/m1/s1. The summed E-state index contributed by atoms with van der Waals surface area (Å²) in [6.07, 6.45) is 1.85. The van der Waals surface area contributed by atoms with E-state index in [1.165, 1.54) is 23.9 Å². The molecular formula is C19H16FN3O2S. The summed E-state index contributed by atoms with van der Waals surface area (Å²) in [6, 6.07) is 12.1. The molecule has 0 spiro atoms. The van der Waals surface area contributed by atoms with Gasteiger partial charge in [0.15, 0.2) is 0 Å². The average Bonchev–Trinajstić information content (AvgIpc) is 3.15. The second-order valence-electron chi connectivity index (χ2n) is 6.28. The van der Waals surface area contributed by atoms with Gasteiger partial charge in [-0.3, -0.25) is 14.6 Å². The Labute approximate surface area is 154 Å². The molecule has 2 aromatic rings. The average molecular weight is 369 g/mol. The summed E-state index contributed by atoms with van der Waals surface area (Å²) >= 11 is 1.49. The van der Waals surface area contributed by atoms with Crippen molar-refractivity contribution in [1.82, 2.24) is 9.80 Å². The van der Waals surface area contributed by atoms with Crippen LogP contribution < -0.4 is 0 Å². The molecular weight excluding hydrogens is 353 g/mol. The number of nitrogens with zero attached hydrogens (tertiary/aromatic N) is 3. The highest BCUT2D eigenvalue weighted by Gasteiger charge is 2.38. The molecule has 1 aromatic heterocycles. The third kappa shape index (κ3) is 3.14. The van der Waals surface area contributed by atoms with Crippen molar-refractivity contribution in [2.75, 3.05) is 12.5 Å². The van der Waals surface area contributed by atoms with Gasteiger partial charge in [0.05, 0.1) is 42.0 Å². The Bertz CT molecular complexity index is 887. The Morgan fingerprint density at radius 2 is 2.12 bits per heavy atom. The lowest BCUT2D eigenvalue weighted by molar-refractivity contribution is -0.132. The van der Waals surface area contributed by atoms with Crippen LogP contribution in [-0.4, -0.2) is 28.3 Å². The van der Waals surface area contributed by atoms with E-state index in [9.17, 15) is 14.4 Å². The molecule has 0 unspecified atom stereocenters. The van der Waals surface area contributed by atoms with E-state index in [0.29, 0.717) is 29.7 Å². The Morgan fingerprint density at radius 3 is 2.81 bits per heavy atom. The molecule has 1 atom stereocenters. The lowest BCUT2D eigenvalue weighted by atomic mass is 9.86. The minimum absolute atomic E-state index is 0.0232. The van der Waals surface area contributed by atoms with Gasteiger partial charge in [0.1, 0.15) is 11.6 Å². The molecule has 1 fully saturated rings. The highest BCUT2D eigenvalue weighted by atomic mass is 32.2. The molecule has 0 aliphatic carbocycles. The maximum Gasteiger partial charge on any atom is 0.229 e. The van der Waals surface area contributed by atoms with E-state index in [4.69, 9.17) is 4.42 Å². The van der Waals surface area contributed by atoms with Crippen LogP contribution in [0.1, 0.15) is 23.7 Å². The summed E-state index contributed by atoms with van der Waals surface area (Å²) in [6.45, 7) is 1.05. The smallest absolute Gasteiger partial charge is 0.229 e. The molecule has 0 N–H and O–H groups in total. The molecule has 26 heavy (non-hydrogen) atoms. The van der Waals surface area contributed by atoms with E-state index in [-0.39, 0.29) is 24.1 Å². The maximum atomic E-state index is 13.2. The molecule has 0 saturated carbocycles. The van der Waals surface area contributed by atoms with Crippen LogP contribution in [0.15, 0.2) is 57.7 Å². The molecule has 3 heterocycles. The summed E-state index contributed by atoms with van der Waals surface area (Å²) in [4.78, 5) is 16.5. The summed E-state index contributed by atoms with van der Waals surface area (Å²) in [5.74, 6) is 0.839. The number of carbonyl (C=O) groups is 1. The molecule has 1 saturated heterocycles. The molecule has 1 amide bonds. The van der Waals surface area contributed by atoms with Gasteiger partial charge in [0.25, 0.3) is 0 Å². The van der Waals surface area contributed by atoms with Gasteiger partial charge < -0.3 is 4.42 Å². The van der Waals surface area contributed by atoms with Crippen molar-refractivity contribution in [1.29, 1.82) is 5.26 Å². The number of fused-ring (bicyclic) bond motifs is 1. The van der Waals surface area contributed by atoms with Crippen LogP contribution in [0.4, 0.5) is 4.39 Å². The lowest BCUT2D eigenvalue weighted by Gasteiger charge is -2.41. The zero-order chi connectivity index (χ0) is 18.1. The first-order valence-corrected chi connectivity index (χ1v) is 9.22. The van der Waals surface area contributed by atoms with Gasteiger partial charge >= 0.3 is 0 Å². The Morgan fingerprint density at radius 1 is 1.31 bits per heavy atom. The van der Waals surface area contributed by atoms with Crippen LogP contribution in [-0.2, 0) is 11.3 Å². The van der Waals surface area contributed by atoms with Gasteiger partial charge in [0, 0.05) is 12.3 Å². The molecule has 132 valence electrons. The van der Waals surface area contributed by atoms with Crippen LogP contribution in [0, 0.1) is 17.1 Å². The third-order valence-corrected chi connectivity index (χ3v) is 5.79. The number of hydrogen-bond acceptors (Lipinski definition) is 5. The first kappa shape index (κ1) is 16.9. The van der Waals surface area contributed by atoms with Gasteiger partial charge in [-0.1, -0.05) is 23.9 Å². The van der Waals surface area contributed by atoms with E-state index in [1.807, 2.05) is 12.1 Å². The molecule has 4 rings (SSSR count). The summed E-state index contributed by atoms with van der Waals surface area (Å²) in [7, 11) is 0. The Hall–Kier alpha value is -2.56. The van der Waals surface area contributed by atoms with E-state index in [0.717, 1.165) is 11.3 Å². The van der Waals surface area contributed by atoms with Crippen molar-refractivity contribution in [3.05, 3.63) is 70.4 Å². The van der Waals surface area contributed by atoms with Gasteiger partial charge in [-0.15, -0.1) is 0 Å².